The third kappa shape index (κ3) is 2.65. The number of pyridine rings is 1. The van der Waals surface area contributed by atoms with Gasteiger partial charge in [0, 0.05) is 27.4 Å². The molecular weight excluding hydrogens is 440 g/mol. The van der Waals surface area contributed by atoms with E-state index >= 15 is 0 Å². The first-order valence-electron chi connectivity index (χ1n) is 12.2. The summed E-state index contributed by atoms with van der Waals surface area (Å²) in [6, 6.07) is 42.3. The second-order valence-electron chi connectivity index (χ2n) is 9.20. The van der Waals surface area contributed by atoms with Crippen molar-refractivity contribution in [3.63, 3.8) is 0 Å². The van der Waals surface area contributed by atoms with Crippen molar-refractivity contribution in [1.82, 2.24) is 9.55 Å². The van der Waals surface area contributed by atoms with Gasteiger partial charge in [-0.05, 0) is 53.2 Å². The fourth-order valence-corrected chi connectivity index (χ4v) is 5.60. The molecule has 0 N–H and O–H groups in total. The fraction of sp³-hybridized carbons (Fsp3) is 0. The lowest BCUT2D eigenvalue weighted by atomic mass is 9.98. The average molecular weight is 461 g/mol. The predicted octanol–water partition coefficient (Wildman–Crippen LogP) is 8.90. The van der Waals surface area contributed by atoms with Crippen molar-refractivity contribution in [1.29, 1.82) is 0 Å². The molecule has 0 saturated heterocycles. The summed E-state index contributed by atoms with van der Waals surface area (Å²) in [5, 5.41) is 5.79. The van der Waals surface area contributed by atoms with Gasteiger partial charge in [-0.1, -0.05) is 78.9 Å². The average Bonchev–Trinajstić information content (AvgIpc) is 3.49. The first-order valence-corrected chi connectivity index (χ1v) is 12.2. The van der Waals surface area contributed by atoms with Crippen molar-refractivity contribution < 1.29 is 4.42 Å². The minimum absolute atomic E-state index is 0.883. The van der Waals surface area contributed by atoms with Gasteiger partial charge in [0.05, 0.1) is 22.2 Å². The van der Waals surface area contributed by atoms with Gasteiger partial charge in [0.25, 0.3) is 0 Å². The summed E-state index contributed by atoms with van der Waals surface area (Å²) in [5.41, 5.74) is 8.06. The van der Waals surface area contributed by atoms with Crippen LogP contribution in [0, 0.1) is 0 Å². The molecule has 0 saturated carbocycles. The van der Waals surface area contributed by atoms with E-state index in [9.17, 15) is 0 Å². The molecule has 5 aromatic carbocycles. The number of rotatable bonds is 2. The van der Waals surface area contributed by atoms with E-state index in [4.69, 9.17) is 9.40 Å². The number of nitrogens with zero attached hydrogens (tertiary/aromatic N) is 2. The highest BCUT2D eigenvalue weighted by atomic mass is 16.3. The molecule has 0 atom stereocenters. The number of furan rings is 1. The van der Waals surface area contributed by atoms with Crippen molar-refractivity contribution in [3.05, 3.63) is 121 Å². The van der Waals surface area contributed by atoms with Crippen LogP contribution in [0.5, 0.6) is 0 Å². The van der Waals surface area contributed by atoms with Crippen LogP contribution in [0.1, 0.15) is 0 Å². The Labute approximate surface area is 206 Å². The summed E-state index contributed by atoms with van der Waals surface area (Å²) in [4.78, 5) is 5.27. The van der Waals surface area contributed by atoms with Gasteiger partial charge >= 0.3 is 0 Å². The second-order valence-corrected chi connectivity index (χ2v) is 9.20. The zero-order chi connectivity index (χ0) is 23.6. The zero-order valence-electron chi connectivity index (χ0n) is 19.3. The molecule has 0 aliphatic heterocycles. The quantitative estimate of drug-likeness (QED) is 0.258. The number of hydrogen-bond donors (Lipinski definition) is 0. The summed E-state index contributed by atoms with van der Waals surface area (Å²) in [7, 11) is 0. The molecule has 8 aromatic rings. The molecule has 0 bridgehead atoms. The predicted molar refractivity (Wildman–Crippen MR) is 149 cm³/mol. The zero-order valence-corrected chi connectivity index (χ0v) is 19.3. The number of benzene rings is 5. The third-order valence-electron chi connectivity index (χ3n) is 7.18. The van der Waals surface area contributed by atoms with Crippen LogP contribution in [0.15, 0.2) is 126 Å². The molecule has 0 spiro atoms. The fourth-order valence-electron chi connectivity index (χ4n) is 5.60. The van der Waals surface area contributed by atoms with E-state index in [0.717, 1.165) is 60.8 Å². The van der Waals surface area contributed by atoms with Crippen molar-refractivity contribution >= 4 is 54.6 Å². The van der Waals surface area contributed by atoms with Gasteiger partial charge in [-0.25, -0.2) is 4.98 Å². The molecule has 168 valence electrons. The van der Waals surface area contributed by atoms with Crippen LogP contribution in [-0.2, 0) is 0 Å². The molecule has 0 radical (unpaired) electrons. The SMILES string of the molecule is c1ccc(-n2c3ccccc3c3nc(-c4cc5ccccc5c5c4oc4ccccc45)ccc32)cc1. The largest absolute Gasteiger partial charge is 0.455 e. The van der Waals surface area contributed by atoms with E-state index in [1.807, 2.05) is 18.2 Å². The Balaban J connectivity index is 1.48. The first kappa shape index (κ1) is 19.4. The van der Waals surface area contributed by atoms with E-state index in [2.05, 4.69) is 108 Å². The standard InChI is InChI=1S/C33H20N2O/c1-2-11-22(12-3-1)35-28-16-8-6-14-24(28)32-29(35)19-18-27(34-32)26-20-21-10-4-5-13-23(21)31-25-15-7-9-17-30(25)36-33(26)31/h1-20H. The molecule has 3 heteroatoms. The van der Waals surface area contributed by atoms with Gasteiger partial charge in [0.1, 0.15) is 11.2 Å². The van der Waals surface area contributed by atoms with Crippen molar-refractivity contribution in [2.75, 3.05) is 0 Å². The van der Waals surface area contributed by atoms with Gasteiger partial charge < -0.3 is 8.98 Å². The third-order valence-corrected chi connectivity index (χ3v) is 7.18. The highest BCUT2D eigenvalue weighted by Gasteiger charge is 2.19. The maximum absolute atomic E-state index is 6.47. The van der Waals surface area contributed by atoms with Crippen molar-refractivity contribution in [2.24, 2.45) is 0 Å². The summed E-state index contributed by atoms with van der Waals surface area (Å²) < 4.78 is 8.77. The van der Waals surface area contributed by atoms with Gasteiger partial charge in [0.2, 0.25) is 0 Å². The highest BCUT2D eigenvalue weighted by Crippen LogP contribution is 2.41. The maximum atomic E-state index is 6.47. The van der Waals surface area contributed by atoms with Crippen LogP contribution in [-0.4, -0.2) is 9.55 Å². The normalized spacial score (nSPS) is 11.9. The molecular formula is C33H20N2O. The van der Waals surface area contributed by atoms with Gasteiger partial charge in [0.15, 0.2) is 0 Å². The number of aromatic nitrogens is 2. The molecule has 3 heterocycles. The van der Waals surface area contributed by atoms with Gasteiger partial charge in [-0.3, -0.25) is 0 Å². The summed E-state index contributed by atoms with van der Waals surface area (Å²) >= 11 is 0. The van der Waals surface area contributed by atoms with Crippen LogP contribution in [0.25, 0.3) is 71.6 Å². The molecule has 0 aliphatic rings. The van der Waals surface area contributed by atoms with E-state index in [-0.39, 0.29) is 0 Å². The topological polar surface area (TPSA) is 31.0 Å². The number of fused-ring (bicyclic) bond motifs is 8. The molecule has 0 unspecified atom stereocenters. The lowest BCUT2D eigenvalue weighted by Gasteiger charge is -2.09. The lowest BCUT2D eigenvalue weighted by Crippen LogP contribution is -1.93. The maximum Gasteiger partial charge on any atom is 0.145 e. The van der Waals surface area contributed by atoms with Gasteiger partial charge in [-0.15, -0.1) is 0 Å². The smallest absolute Gasteiger partial charge is 0.145 e. The highest BCUT2D eigenvalue weighted by molar-refractivity contribution is 6.22. The van der Waals surface area contributed by atoms with Gasteiger partial charge in [-0.2, -0.15) is 0 Å². The Hall–Kier alpha value is -4.89. The van der Waals surface area contributed by atoms with Crippen molar-refractivity contribution in [3.8, 4) is 16.9 Å². The van der Waals surface area contributed by atoms with Crippen LogP contribution in [0.3, 0.4) is 0 Å². The van der Waals surface area contributed by atoms with E-state index < -0.39 is 0 Å². The number of hydrogen-bond acceptors (Lipinski definition) is 2. The Morgan fingerprint density at radius 2 is 1.31 bits per heavy atom. The molecule has 8 rings (SSSR count). The molecule has 0 fully saturated rings. The Kier molecular flexibility index (Phi) is 3.94. The van der Waals surface area contributed by atoms with Crippen LogP contribution < -0.4 is 0 Å². The molecule has 36 heavy (non-hydrogen) atoms. The minimum Gasteiger partial charge on any atom is -0.455 e. The first-order chi connectivity index (χ1) is 17.9. The number of para-hydroxylation sites is 3. The van der Waals surface area contributed by atoms with Crippen molar-refractivity contribution in [2.45, 2.75) is 0 Å². The Morgan fingerprint density at radius 1 is 0.583 bits per heavy atom. The van der Waals surface area contributed by atoms with Crippen LogP contribution in [0.2, 0.25) is 0 Å². The van der Waals surface area contributed by atoms with Crippen LogP contribution >= 0.6 is 0 Å². The molecule has 0 aliphatic carbocycles. The van der Waals surface area contributed by atoms with E-state index in [1.165, 1.54) is 10.8 Å². The molecule has 3 aromatic heterocycles. The summed E-state index contributed by atoms with van der Waals surface area (Å²) in [5.74, 6) is 0. The van der Waals surface area contributed by atoms with E-state index in [0.29, 0.717) is 0 Å². The minimum atomic E-state index is 0.883. The lowest BCUT2D eigenvalue weighted by molar-refractivity contribution is 0.670. The molecule has 3 nitrogen and oxygen atoms in total. The van der Waals surface area contributed by atoms with E-state index in [1.54, 1.807) is 0 Å². The Morgan fingerprint density at radius 3 is 2.19 bits per heavy atom. The summed E-state index contributed by atoms with van der Waals surface area (Å²) in [6.45, 7) is 0. The Bertz CT molecular complexity index is 2100. The molecule has 0 amide bonds. The van der Waals surface area contributed by atoms with Crippen LogP contribution in [0.4, 0.5) is 0 Å². The monoisotopic (exact) mass is 460 g/mol. The second kappa shape index (κ2) is 7.30. The summed E-state index contributed by atoms with van der Waals surface area (Å²) in [6.07, 6.45) is 0.